The first-order chi connectivity index (χ1) is 10.8. The molecule has 22 heavy (non-hydrogen) atoms. The van der Waals surface area contributed by atoms with Gasteiger partial charge in [-0.1, -0.05) is 31.5 Å². The van der Waals surface area contributed by atoms with Crippen molar-refractivity contribution in [2.45, 2.75) is 26.3 Å². The number of nitrogens with zero attached hydrogens (tertiary/aromatic N) is 1. The molecule has 0 spiro atoms. The molecule has 0 aliphatic heterocycles. The number of rotatable bonds is 8. The van der Waals surface area contributed by atoms with Crippen molar-refractivity contribution < 1.29 is 9.47 Å². The summed E-state index contributed by atoms with van der Waals surface area (Å²) in [6, 6.07) is 16.5. The highest BCUT2D eigenvalue weighted by Crippen LogP contribution is 2.25. The van der Waals surface area contributed by atoms with Crippen LogP contribution in [0.25, 0.3) is 0 Å². The first kappa shape index (κ1) is 16.2. The number of ether oxygens (including phenoxy) is 2. The lowest BCUT2D eigenvalue weighted by Crippen LogP contribution is -2.24. The minimum absolute atomic E-state index is 0.844. The molecule has 2 aromatic carbocycles. The summed E-state index contributed by atoms with van der Waals surface area (Å²) in [7, 11) is 3.42. The van der Waals surface area contributed by atoms with E-state index >= 15 is 0 Å². The number of unbranched alkanes of at least 4 members (excludes halogenated alkanes) is 1. The van der Waals surface area contributed by atoms with Crippen LogP contribution in [0.4, 0.5) is 5.69 Å². The normalized spacial score (nSPS) is 10.3. The maximum Gasteiger partial charge on any atom is 0.123 e. The molecule has 0 bridgehead atoms. The van der Waals surface area contributed by atoms with Gasteiger partial charge in [0.15, 0.2) is 0 Å². The van der Waals surface area contributed by atoms with Gasteiger partial charge in [-0.15, -0.1) is 0 Å². The molecule has 2 rings (SSSR count). The molecule has 0 aromatic heterocycles. The van der Waals surface area contributed by atoms with E-state index in [0.29, 0.717) is 0 Å². The summed E-state index contributed by atoms with van der Waals surface area (Å²) in [5, 5.41) is 0. The molecule has 2 aromatic rings. The van der Waals surface area contributed by atoms with Crippen molar-refractivity contribution in [1.82, 2.24) is 0 Å². The van der Waals surface area contributed by atoms with Crippen LogP contribution in [-0.4, -0.2) is 20.8 Å². The van der Waals surface area contributed by atoms with Gasteiger partial charge < -0.3 is 14.4 Å². The fraction of sp³-hybridized carbons (Fsp3) is 0.368. The Kier molecular flexibility index (Phi) is 6.13. The van der Waals surface area contributed by atoms with Crippen LogP contribution in [0.1, 0.15) is 25.3 Å². The van der Waals surface area contributed by atoms with E-state index in [0.717, 1.165) is 24.6 Å². The van der Waals surface area contributed by atoms with Gasteiger partial charge in [0.25, 0.3) is 0 Å². The zero-order valence-corrected chi connectivity index (χ0v) is 13.7. The van der Waals surface area contributed by atoms with E-state index in [1.165, 1.54) is 24.1 Å². The van der Waals surface area contributed by atoms with Crippen LogP contribution < -0.4 is 14.4 Å². The predicted molar refractivity (Wildman–Crippen MR) is 91.9 cm³/mol. The Bertz CT molecular complexity index is 566. The van der Waals surface area contributed by atoms with Crippen molar-refractivity contribution in [1.29, 1.82) is 0 Å². The fourth-order valence-electron chi connectivity index (χ4n) is 2.48. The minimum Gasteiger partial charge on any atom is -0.497 e. The lowest BCUT2D eigenvalue weighted by Gasteiger charge is -2.26. The Morgan fingerprint density at radius 1 is 0.909 bits per heavy atom. The van der Waals surface area contributed by atoms with E-state index in [2.05, 4.69) is 36.1 Å². The molecule has 0 fully saturated rings. The second kappa shape index (κ2) is 8.32. The van der Waals surface area contributed by atoms with Gasteiger partial charge in [-0.05, 0) is 36.8 Å². The Morgan fingerprint density at radius 2 is 1.64 bits per heavy atom. The number of para-hydroxylation sites is 1. The molecular weight excluding hydrogens is 274 g/mol. The van der Waals surface area contributed by atoms with Crippen molar-refractivity contribution >= 4 is 5.69 Å². The van der Waals surface area contributed by atoms with E-state index in [-0.39, 0.29) is 0 Å². The van der Waals surface area contributed by atoms with Crippen LogP contribution in [0, 0.1) is 0 Å². The largest absolute Gasteiger partial charge is 0.497 e. The zero-order valence-electron chi connectivity index (χ0n) is 13.7. The smallest absolute Gasteiger partial charge is 0.123 e. The van der Waals surface area contributed by atoms with Crippen LogP contribution in [0.5, 0.6) is 11.5 Å². The third-order valence-corrected chi connectivity index (χ3v) is 3.77. The van der Waals surface area contributed by atoms with Gasteiger partial charge in [0.05, 0.1) is 14.2 Å². The second-order valence-corrected chi connectivity index (χ2v) is 5.28. The SMILES string of the molecule is CCCCN(Cc1ccccc1OC)c1ccc(OC)cc1. The van der Waals surface area contributed by atoms with Gasteiger partial charge in [0.1, 0.15) is 11.5 Å². The highest BCUT2D eigenvalue weighted by atomic mass is 16.5. The molecule has 0 saturated carbocycles. The summed E-state index contributed by atoms with van der Waals surface area (Å²) in [6.07, 6.45) is 2.35. The molecule has 0 aliphatic carbocycles. The highest BCUT2D eigenvalue weighted by Gasteiger charge is 2.10. The Hall–Kier alpha value is -2.16. The van der Waals surface area contributed by atoms with E-state index < -0.39 is 0 Å². The zero-order chi connectivity index (χ0) is 15.8. The van der Waals surface area contributed by atoms with Crippen molar-refractivity contribution in [2.75, 3.05) is 25.7 Å². The van der Waals surface area contributed by atoms with Crippen LogP contribution >= 0.6 is 0 Å². The Labute approximate surface area is 133 Å². The van der Waals surface area contributed by atoms with Crippen LogP contribution in [0.15, 0.2) is 48.5 Å². The fourth-order valence-corrected chi connectivity index (χ4v) is 2.48. The first-order valence-electron chi connectivity index (χ1n) is 7.79. The minimum atomic E-state index is 0.844. The Balaban J connectivity index is 2.21. The molecule has 0 amide bonds. The van der Waals surface area contributed by atoms with Crippen molar-refractivity contribution in [3.63, 3.8) is 0 Å². The third-order valence-electron chi connectivity index (χ3n) is 3.77. The van der Waals surface area contributed by atoms with Gasteiger partial charge in [-0.25, -0.2) is 0 Å². The second-order valence-electron chi connectivity index (χ2n) is 5.28. The maximum atomic E-state index is 5.48. The molecule has 0 aliphatic rings. The molecular formula is C19H25NO2. The van der Waals surface area contributed by atoms with Crippen LogP contribution in [0.3, 0.4) is 0 Å². The van der Waals surface area contributed by atoms with Crippen molar-refractivity contribution in [3.8, 4) is 11.5 Å². The summed E-state index contributed by atoms with van der Waals surface area (Å²) < 4.78 is 10.7. The quantitative estimate of drug-likeness (QED) is 0.716. The highest BCUT2D eigenvalue weighted by molar-refractivity contribution is 5.50. The molecule has 3 nitrogen and oxygen atoms in total. The van der Waals surface area contributed by atoms with Crippen LogP contribution in [0.2, 0.25) is 0 Å². The lowest BCUT2D eigenvalue weighted by molar-refractivity contribution is 0.409. The molecule has 0 heterocycles. The topological polar surface area (TPSA) is 21.7 Å². The summed E-state index contributed by atoms with van der Waals surface area (Å²) >= 11 is 0. The average molecular weight is 299 g/mol. The van der Waals surface area contributed by atoms with Gasteiger partial charge in [-0.2, -0.15) is 0 Å². The number of hydrogen-bond donors (Lipinski definition) is 0. The van der Waals surface area contributed by atoms with E-state index in [1.807, 2.05) is 24.3 Å². The summed E-state index contributed by atoms with van der Waals surface area (Å²) in [4.78, 5) is 2.39. The molecule has 3 heteroatoms. The summed E-state index contributed by atoms with van der Waals surface area (Å²) in [5.41, 5.74) is 2.41. The van der Waals surface area contributed by atoms with Gasteiger partial charge in [0, 0.05) is 24.3 Å². The number of anilines is 1. The molecule has 0 radical (unpaired) electrons. The van der Waals surface area contributed by atoms with Gasteiger partial charge >= 0.3 is 0 Å². The first-order valence-corrected chi connectivity index (χ1v) is 7.79. The predicted octanol–water partition coefficient (Wildman–Crippen LogP) is 4.51. The molecule has 0 saturated heterocycles. The number of hydrogen-bond acceptors (Lipinski definition) is 3. The average Bonchev–Trinajstić information content (AvgIpc) is 2.59. The van der Waals surface area contributed by atoms with Gasteiger partial charge in [-0.3, -0.25) is 0 Å². The molecule has 0 N–H and O–H groups in total. The molecule has 0 atom stereocenters. The van der Waals surface area contributed by atoms with E-state index in [9.17, 15) is 0 Å². The standard InChI is InChI=1S/C19H25NO2/c1-4-5-14-20(17-10-12-18(21-2)13-11-17)15-16-8-6-7-9-19(16)22-3/h6-13H,4-5,14-15H2,1-3H3. The maximum absolute atomic E-state index is 5.48. The van der Waals surface area contributed by atoms with Crippen LogP contribution in [-0.2, 0) is 6.54 Å². The summed E-state index contributed by atoms with van der Waals surface area (Å²) in [5.74, 6) is 1.83. The summed E-state index contributed by atoms with van der Waals surface area (Å²) in [6.45, 7) is 4.09. The number of benzene rings is 2. The molecule has 0 unspecified atom stereocenters. The van der Waals surface area contributed by atoms with E-state index in [4.69, 9.17) is 9.47 Å². The van der Waals surface area contributed by atoms with E-state index in [1.54, 1.807) is 14.2 Å². The lowest BCUT2D eigenvalue weighted by atomic mass is 10.1. The Morgan fingerprint density at radius 3 is 2.27 bits per heavy atom. The van der Waals surface area contributed by atoms with Crippen molar-refractivity contribution in [3.05, 3.63) is 54.1 Å². The molecule has 118 valence electrons. The van der Waals surface area contributed by atoms with Crippen molar-refractivity contribution in [2.24, 2.45) is 0 Å². The number of methoxy groups -OCH3 is 2. The van der Waals surface area contributed by atoms with Gasteiger partial charge in [0.2, 0.25) is 0 Å². The third kappa shape index (κ3) is 4.17. The monoisotopic (exact) mass is 299 g/mol.